The first-order valence-corrected chi connectivity index (χ1v) is 11.0. The number of aromatic nitrogens is 4. The van der Waals surface area contributed by atoms with Gasteiger partial charge in [0.25, 0.3) is 5.91 Å². The number of pyridine rings is 1. The van der Waals surface area contributed by atoms with Crippen LogP contribution in [0.2, 0.25) is 0 Å². The Balaban J connectivity index is 1.44. The van der Waals surface area contributed by atoms with E-state index < -0.39 is 23.3 Å². The van der Waals surface area contributed by atoms with Crippen molar-refractivity contribution in [2.24, 2.45) is 7.05 Å². The van der Waals surface area contributed by atoms with E-state index in [-0.39, 0.29) is 23.6 Å². The number of aryl methyl sites for hydroxylation is 1. The molecule has 4 aromatic rings. The van der Waals surface area contributed by atoms with Gasteiger partial charge in [0.05, 0.1) is 23.6 Å². The fourth-order valence-corrected chi connectivity index (χ4v) is 5.45. The predicted molar refractivity (Wildman–Crippen MR) is 114 cm³/mol. The van der Waals surface area contributed by atoms with E-state index in [9.17, 15) is 22.4 Å². The van der Waals surface area contributed by atoms with Crippen LogP contribution in [0.3, 0.4) is 0 Å². The van der Waals surface area contributed by atoms with Crippen LogP contribution in [0.5, 0.6) is 0 Å². The van der Waals surface area contributed by atoms with Crippen LogP contribution < -0.4 is 0 Å². The summed E-state index contributed by atoms with van der Waals surface area (Å²) in [6, 6.07) is 4.00. The lowest BCUT2D eigenvalue weighted by Gasteiger charge is -2.45. The van der Waals surface area contributed by atoms with Gasteiger partial charge in [0.15, 0.2) is 17.5 Å². The molecule has 2 bridgehead atoms. The molecule has 3 aromatic heterocycles. The maximum atomic E-state index is 14.0. The van der Waals surface area contributed by atoms with Crippen molar-refractivity contribution in [2.75, 3.05) is 0 Å². The van der Waals surface area contributed by atoms with Crippen LogP contribution >= 0.6 is 0 Å². The molecule has 0 aliphatic carbocycles. The van der Waals surface area contributed by atoms with E-state index in [1.807, 2.05) is 0 Å². The fourth-order valence-electron chi connectivity index (χ4n) is 5.45. The molecule has 5 heterocycles. The number of hydrogen-bond donors (Lipinski definition) is 0. The average molecular weight is 469 g/mol. The van der Waals surface area contributed by atoms with Gasteiger partial charge in [-0.05, 0) is 43.9 Å². The van der Waals surface area contributed by atoms with Crippen LogP contribution in [0, 0.1) is 23.3 Å². The smallest absolute Gasteiger partial charge is 0.273 e. The number of rotatable bonds is 2. The lowest BCUT2D eigenvalue weighted by atomic mass is 9.81. The Morgan fingerprint density at radius 2 is 1.85 bits per heavy atom. The van der Waals surface area contributed by atoms with Gasteiger partial charge in [-0.25, -0.2) is 22.5 Å². The number of carbonyl (C=O) groups is 1. The average Bonchev–Trinajstić information content (AvgIpc) is 3.36. The first-order valence-electron chi connectivity index (χ1n) is 11.0. The molecule has 34 heavy (non-hydrogen) atoms. The second kappa shape index (κ2) is 7.41. The highest BCUT2D eigenvalue weighted by Gasteiger charge is 2.44. The van der Waals surface area contributed by atoms with Crippen molar-refractivity contribution in [2.45, 2.75) is 37.8 Å². The van der Waals surface area contributed by atoms with Gasteiger partial charge < -0.3 is 4.90 Å². The van der Waals surface area contributed by atoms with E-state index in [2.05, 4.69) is 10.1 Å². The number of halogens is 4. The summed E-state index contributed by atoms with van der Waals surface area (Å²) < 4.78 is 58.2. The molecule has 2 aliphatic heterocycles. The minimum Gasteiger partial charge on any atom is -0.325 e. The minimum atomic E-state index is -1.51. The zero-order valence-electron chi connectivity index (χ0n) is 18.1. The van der Waals surface area contributed by atoms with Crippen molar-refractivity contribution < 1.29 is 22.4 Å². The van der Waals surface area contributed by atoms with Crippen LogP contribution in [0.1, 0.15) is 47.1 Å². The third kappa shape index (κ3) is 2.97. The molecule has 0 N–H and O–H groups in total. The van der Waals surface area contributed by atoms with Crippen molar-refractivity contribution in [1.82, 2.24) is 24.1 Å². The van der Waals surface area contributed by atoms with Gasteiger partial charge in [-0.2, -0.15) is 5.10 Å². The summed E-state index contributed by atoms with van der Waals surface area (Å²) in [4.78, 5) is 19.6. The largest absolute Gasteiger partial charge is 0.325 e. The zero-order valence-corrected chi connectivity index (χ0v) is 18.1. The SMILES string of the molecule is Cn1nc2c(c1-c1cc(F)c(F)c(F)c1)C[C@H]1CCC[C@@H]2N1C(=O)c1cnc2cc(F)ccn12. The van der Waals surface area contributed by atoms with E-state index in [0.717, 1.165) is 30.5 Å². The third-order valence-electron chi connectivity index (χ3n) is 6.86. The van der Waals surface area contributed by atoms with E-state index >= 15 is 0 Å². The maximum Gasteiger partial charge on any atom is 0.273 e. The molecule has 1 amide bonds. The van der Waals surface area contributed by atoms with Crippen molar-refractivity contribution in [1.29, 1.82) is 0 Å². The summed E-state index contributed by atoms with van der Waals surface area (Å²) in [5.74, 6) is -4.71. The van der Waals surface area contributed by atoms with E-state index in [1.165, 1.54) is 29.2 Å². The Labute approximate surface area is 191 Å². The van der Waals surface area contributed by atoms with Gasteiger partial charge in [0.1, 0.15) is 17.2 Å². The quantitative estimate of drug-likeness (QED) is 0.319. The second-order valence-corrected chi connectivity index (χ2v) is 8.82. The van der Waals surface area contributed by atoms with E-state index in [1.54, 1.807) is 16.3 Å². The Hall–Kier alpha value is -3.69. The molecule has 0 radical (unpaired) electrons. The summed E-state index contributed by atoms with van der Waals surface area (Å²) in [5.41, 5.74) is 2.87. The number of amides is 1. The molecule has 2 aliphatic rings. The molecule has 0 spiro atoms. The molecule has 6 nitrogen and oxygen atoms in total. The van der Waals surface area contributed by atoms with E-state index in [0.29, 0.717) is 35.6 Å². The second-order valence-electron chi connectivity index (χ2n) is 8.82. The van der Waals surface area contributed by atoms with Crippen LogP contribution in [0.25, 0.3) is 16.9 Å². The molecular formula is C24H19F4N5O. The number of carbonyl (C=O) groups excluding carboxylic acids is 1. The summed E-state index contributed by atoms with van der Waals surface area (Å²) in [7, 11) is 1.67. The first-order chi connectivity index (χ1) is 16.3. The van der Waals surface area contributed by atoms with Gasteiger partial charge in [0.2, 0.25) is 0 Å². The lowest BCUT2D eigenvalue weighted by molar-refractivity contribution is 0.0385. The van der Waals surface area contributed by atoms with Crippen LogP contribution in [0.15, 0.2) is 36.7 Å². The molecular weight excluding hydrogens is 450 g/mol. The topological polar surface area (TPSA) is 55.4 Å². The summed E-state index contributed by atoms with van der Waals surface area (Å²) in [6.45, 7) is 0. The number of fused-ring (bicyclic) bond motifs is 5. The maximum absolute atomic E-state index is 14.0. The standard InChI is InChI=1S/C24H19F4N5O/c1-31-23(12-7-16(26)21(28)17(27)8-12)15-10-14-3-2-4-18(22(15)30-31)33(14)24(34)19-11-29-20-9-13(25)5-6-32(19)20/h5-9,11,14,18H,2-4,10H2,1H3/t14-,18+/m1/s1. The molecule has 1 aromatic carbocycles. The Morgan fingerprint density at radius 3 is 2.62 bits per heavy atom. The van der Waals surface area contributed by atoms with Crippen LogP contribution in [-0.4, -0.2) is 36.0 Å². The molecule has 174 valence electrons. The Kier molecular flexibility index (Phi) is 4.55. The van der Waals surface area contributed by atoms with Crippen molar-refractivity contribution in [3.05, 3.63) is 76.9 Å². The molecule has 2 atom stereocenters. The fraction of sp³-hybridized carbons (Fsp3) is 0.292. The number of hydrogen-bond acceptors (Lipinski definition) is 3. The summed E-state index contributed by atoms with van der Waals surface area (Å²) in [6.07, 6.45) is 5.72. The predicted octanol–water partition coefficient (Wildman–Crippen LogP) is 4.58. The van der Waals surface area contributed by atoms with Crippen LogP contribution in [0.4, 0.5) is 17.6 Å². The molecule has 0 unspecified atom stereocenters. The minimum absolute atomic E-state index is 0.150. The van der Waals surface area contributed by atoms with Crippen molar-refractivity contribution >= 4 is 11.6 Å². The Bertz CT molecular complexity index is 1450. The lowest BCUT2D eigenvalue weighted by Crippen LogP contribution is -2.50. The molecule has 6 rings (SSSR count). The highest BCUT2D eigenvalue weighted by Crippen LogP contribution is 2.45. The zero-order chi connectivity index (χ0) is 23.7. The first kappa shape index (κ1) is 20.9. The van der Waals surface area contributed by atoms with Crippen LogP contribution in [-0.2, 0) is 13.5 Å². The highest BCUT2D eigenvalue weighted by molar-refractivity contribution is 5.94. The van der Waals surface area contributed by atoms with Crippen molar-refractivity contribution in [3.8, 4) is 11.3 Å². The number of piperidine rings is 1. The van der Waals surface area contributed by atoms with Gasteiger partial charge >= 0.3 is 0 Å². The van der Waals surface area contributed by atoms with Crippen molar-refractivity contribution in [3.63, 3.8) is 0 Å². The molecule has 1 fully saturated rings. The molecule has 0 saturated carbocycles. The number of nitrogens with zero attached hydrogens (tertiary/aromatic N) is 5. The number of benzene rings is 1. The molecule has 10 heteroatoms. The highest BCUT2D eigenvalue weighted by atomic mass is 19.2. The normalized spacial score (nSPS) is 19.5. The van der Waals surface area contributed by atoms with Gasteiger partial charge in [-0.3, -0.25) is 13.9 Å². The number of imidazole rings is 1. The van der Waals surface area contributed by atoms with Gasteiger partial charge in [0, 0.05) is 36.5 Å². The van der Waals surface area contributed by atoms with Gasteiger partial charge in [-0.1, -0.05) is 0 Å². The Morgan fingerprint density at radius 1 is 1.09 bits per heavy atom. The van der Waals surface area contributed by atoms with E-state index in [4.69, 9.17) is 0 Å². The third-order valence-corrected chi connectivity index (χ3v) is 6.86. The summed E-state index contributed by atoms with van der Waals surface area (Å²) >= 11 is 0. The van der Waals surface area contributed by atoms with Gasteiger partial charge in [-0.15, -0.1) is 0 Å². The monoisotopic (exact) mass is 469 g/mol. The summed E-state index contributed by atoms with van der Waals surface area (Å²) in [5, 5.41) is 4.63. The molecule has 1 saturated heterocycles.